The fraction of sp³-hybridized carbons (Fsp3) is 0.812. The molecular weight excluding hydrogens is 428 g/mol. The molecule has 0 amide bonds. The van der Waals surface area contributed by atoms with Crippen LogP contribution in [0, 0.1) is 29.1 Å². The zero-order valence-electron chi connectivity index (χ0n) is 22.9. The van der Waals surface area contributed by atoms with Gasteiger partial charge in [0, 0.05) is 11.6 Å². The largest absolute Gasteiger partial charge is 0.491 e. The van der Waals surface area contributed by atoms with E-state index in [1.54, 1.807) is 0 Å². The molecule has 1 heterocycles. The van der Waals surface area contributed by atoms with Crippen molar-refractivity contribution in [3.63, 3.8) is 0 Å². The Hall–Kier alpha value is -1.56. The SMILES string of the molecule is CCCCCCCCCOc1ccc(C2CCC(C3CCC(CCCCC)CC3)CC2)nc1C#N. The van der Waals surface area contributed by atoms with Gasteiger partial charge in [0.2, 0.25) is 0 Å². The summed E-state index contributed by atoms with van der Waals surface area (Å²) >= 11 is 0. The first-order chi connectivity index (χ1) is 17.2. The Balaban J connectivity index is 1.38. The lowest BCUT2D eigenvalue weighted by molar-refractivity contribution is 0.155. The smallest absolute Gasteiger partial charge is 0.182 e. The van der Waals surface area contributed by atoms with Gasteiger partial charge in [-0.3, -0.25) is 0 Å². The van der Waals surface area contributed by atoms with Crippen molar-refractivity contribution in [3.05, 3.63) is 23.5 Å². The van der Waals surface area contributed by atoms with E-state index < -0.39 is 0 Å². The molecule has 0 aliphatic heterocycles. The minimum atomic E-state index is 0.481. The van der Waals surface area contributed by atoms with Gasteiger partial charge in [-0.1, -0.05) is 90.9 Å². The Bertz CT molecular complexity index is 738. The first-order valence-electron chi connectivity index (χ1n) is 15.3. The molecule has 0 atom stereocenters. The maximum atomic E-state index is 9.67. The highest BCUT2D eigenvalue weighted by molar-refractivity contribution is 5.39. The predicted octanol–water partition coefficient (Wildman–Crippen LogP) is 9.74. The molecular formula is C32H52N2O. The minimum Gasteiger partial charge on any atom is -0.491 e. The van der Waals surface area contributed by atoms with E-state index in [2.05, 4.69) is 26.0 Å². The van der Waals surface area contributed by atoms with Crippen molar-refractivity contribution in [2.45, 2.75) is 142 Å². The highest BCUT2D eigenvalue weighted by Crippen LogP contribution is 2.44. The molecule has 35 heavy (non-hydrogen) atoms. The van der Waals surface area contributed by atoms with E-state index in [0.29, 0.717) is 24.0 Å². The van der Waals surface area contributed by atoms with Crippen LogP contribution >= 0.6 is 0 Å². The Morgan fingerprint density at radius 1 is 0.771 bits per heavy atom. The second-order valence-corrected chi connectivity index (χ2v) is 11.6. The molecule has 2 fully saturated rings. The summed E-state index contributed by atoms with van der Waals surface area (Å²) in [7, 11) is 0. The molecule has 0 radical (unpaired) electrons. The first kappa shape index (κ1) is 28.0. The number of nitriles is 1. The van der Waals surface area contributed by atoms with Crippen LogP contribution in [-0.4, -0.2) is 11.6 Å². The van der Waals surface area contributed by atoms with Crippen LogP contribution in [0.2, 0.25) is 0 Å². The van der Waals surface area contributed by atoms with E-state index in [9.17, 15) is 5.26 Å². The molecule has 0 saturated heterocycles. The van der Waals surface area contributed by atoms with Crippen LogP contribution in [0.15, 0.2) is 12.1 Å². The lowest BCUT2D eigenvalue weighted by Crippen LogP contribution is -2.25. The molecule has 3 rings (SSSR count). The van der Waals surface area contributed by atoms with Crippen LogP contribution in [0.5, 0.6) is 5.75 Å². The number of pyridine rings is 1. The summed E-state index contributed by atoms with van der Waals surface area (Å²) in [6, 6.07) is 6.44. The zero-order chi connectivity index (χ0) is 24.7. The third kappa shape index (κ3) is 9.44. The topological polar surface area (TPSA) is 45.9 Å². The van der Waals surface area contributed by atoms with E-state index in [-0.39, 0.29) is 0 Å². The van der Waals surface area contributed by atoms with Gasteiger partial charge in [-0.05, 0) is 74.8 Å². The first-order valence-corrected chi connectivity index (χ1v) is 15.3. The second-order valence-electron chi connectivity index (χ2n) is 11.6. The van der Waals surface area contributed by atoms with E-state index in [0.717, 1.165) is 29.9 Å². The molecule has 0 spiro atoms. The summed E-state index contributed by atoms with van der Waals surface area (Å²) in [6.45, 7) is 5.26. The van der Waals surface area contributed by atoms with Crippen molar-refractivity contribution in [2.24, 2.45) is 17.8 Å². The summed E-state index contributed by atoms with van der Waals surface area (Å²) < 4.78 is 5.95. The molecule has 2 saturated carbocycles. The lowest BCUT2D eigenvalue weighted by Gasteiger charge is -2.38. The van der Waals surface area contributed by atoms with E-state index in [1.807, 2.05) is 6.07 Å². The van der Waals surface area contributed by atoms with Gasteiger partial charge in [0.25, 0.3) is 0 Å². The van der Waals surface area contributed by atoms with Crippen LogP contribution in [0.25, 0.3) is 0 Å². The van der Waals surface area contributed by atoms with Crippen molar-refractivity contribution in [1.82, 2.24) is 4.98 Å². The monoisotopic (exact) mass is 480 g/mol. The van der Waals surface area contributed by atoms with Crippen LogP contribution in [0.1, 0.15) is 153 Å². The summed E-state index contributed by atoms with van der Waals surface area (Å²) in [6.07, 6.45) is 25.6. The molecule has 1 aromatic heterocycles. The number of hydrogen-bond acceptors (Lipinski definition) is 3. The van der Waals surface area contributed by atoms with Gasteiger partial charge in [0.15, 0.2) is 11.4 Å². The van der Waals surface area contributed by atoms with Crippen LogP contribution in [0.3, 0.4) is 0 Å². The number of aromatic nitrogens is 1. The lowest BCUT2D eigenvalue weighted by atomic mass is 9.68. The maximum Gasteiger partial charge on any atom is 0.182 e. The number of rotatable bonds is 15. The van der Waals surface area contributed by atoms with Gasteiger partial charge in [0.1, 0.15) is 6.07 Å². The number of ether oxygens (including phenoxy) is 1. The van der Waals surface area contributed by atoms with Gasteiger partial charge in [-0.15, -0.1) is 0 Å². The summed E-state index contributed by atoms with van der Waals surface area (Å²) in [4.78, 5) is 4.76. The van der Waals surface area contributed by atoms with Crippen molar-refractivity contribution in [2.75, 3.05) is 6.61 Å². The van der Waals surface area contributed by atoms with E-state index >= 15 is 0 Å². The molecule has 3 nitrogen and oxygen atoms in total. The van der Waals surface area contributed by atoms with Crippen molar-refractivity contribution in [3.8, 4) is 11.8 Å². The average Bonchev–Trinajstić information content (AvgIpc) is 2.91. The number of nitrogens with zero attached hydrogens (tertiary/aromatic N) is 2. The van der Waals surface area contributed by atoms with Gasteiger partial charge < -0.3 is 4.74 Å². The Labute approximate surface area is 216 Å². The molecule has 1 aromatic rings. The summed E-state index contributed by atoms with van der Waals surface area (Å²) in [5.41, 5.74) is 1.59. The van der Waals surface area contributed by atoms with E-state index in [4.69, 9.17) is 9.72 Å². The van der Waals surface area contributed by atoms with Gasteiger partial charge in [0.05, 0.1) is 6.61 Å². The van der Waals surface area contributed by atoms with Crippen LogP contribution < -0.4 is 4.74 Å². The summed E-state index contributed by atoms with van der Waals surface area (Å²) in [5, 5.41) is 9.67. The molecule has 0 aromatic carbocycles. The zero-order valence-corrected chi connectivity index (χ0v) is 22.9. The van der Waals surface area contributed by atoms with Gasteiger partial charge in [-0.2, -0.15) is 5.26 Å². The van der Waals surface area contributed by atoms with Crippen LogP contribution in [-0.2, 0) is 0 Å². The maximum absolute atomic E-state index is 9.67. The van der Waals surface area contributed by atoms with Crippen molar-refractivity contribution in [1.29, 1.82) is 5.26 Å². The molecule has 0 N–H and O–H groups in total. The normalized spacial score (nSPS) is 24.7. The highest BCUT2D eigenvalue weighted by atomic mass is 16.5. The molecule has 0 unspecified atom stereocenters. The average molecular weight is 481 g/mol. The highest BCUT2D eigenvalue weighted by Gasteiger charge is 2.31. The standard InChI is InChI=1S/C32H52N2O/c1-3-5-7-8-9-10-12-24-35-32-23-22-30(34-31(32)25-33)29-20-18-28(19-21-29)27-16-14-26(15-17-27)13-11-6-4-2/h22-23,26-29H,3-21,24H2,1-2H3. The molecule has 2 aliphatic carbocycles. The fourth-order valence-electron chi connectivity index (χ4n) is 6.64. The quantitative estimate of drug-likeness (QED) is 0.235. The second kappa shape index (κ2) is 16.2. The Morgan fingerprint density at radius 2 is 1.37 bits per heavy atom. The minimum absolute atomic E-state index is 0.481. The van der Waals surface area contributed by atoms with Crippen molar-refractivity contribution < 1.29 is 4.74 Å². The predicted molar refractivity (Wildman–Crippen MR) is 147 cm³/mol. The molecule has 0 bridgehead atoms. The summed E-state index contributed by atoms with van der Waals surface area (Å²) in [5.74, 6) is 4.08. The van der Waals surface area contributed by atoms with Gasteiger partial charge in [-0.25, -0.2) is 4.98 Å². The molecule has 2 aliphatic rings. The van der Waals surface area contributed by atoms with Gasteiger partial charge >= 0.3 is 0 Å². The third-order valence-electron chi connectivity index (χ3n) is 8.96. The third-order valence-corrected chi connectivity index (χ3v) is 8.96. The number of unbranched alkanes of at least 4 members (excludes halogenated alkanes) is 8. The van der Waals surface area contributed by atoms with Crippen molar-refractivity contribution >= 4 is 0 Å². The van der Waals surface area contributed by atoms with Crippen LogP contribution in [0.4, 0.5) is 0 Å². The Morgan fingerprint density at radius 3 is 2.03 bits per heavy atom. The Kier molecular flexibility index (Phi) is 13.0. The molecule has 196 valence electrons. The number of hydrogen-bond donors (Lipinski definition) is 0. The molecule has 3 heteroatoms. The fourth-order valence-corrected chi connectivity index (χ4v) is 6.64. The van der Waals surface area contributed by atoms with E-state index in [1.165, 1.54) is 116 Å².